The van der Waals surface area contributed by atoms with Crippen LogP contribution in [-0.4, -0.2) is 34.9 Å². The number of anilines is 1. The summed E-state index contributed by atoms with van der Waals surface area (Å²) in [6.45, 7) is 3.25. The van der Waals surface area contributed by atoms with Gasteiger partial charge in [-0.05, 0) is 49.4 Å². The number of nitrogens with zero attached hydrogens (tertiary/aromatic N) is 2. The van der Waals surface area contributed by atoms with Gasteiger partial charge < -0.3 is 16.0 Å². The van der Waals surface area contributed by atoms with E-state index >= 15 is 0 Å². The Morgan fingerprint density at radius 3 is 3.04 bits per heavy atom. The van der Waals surface area contributed by atoms with Gasteiger partial charge in [-0.1, -0.05) is 6.07 Å². The molecule has 0 radical (unpaired) electrons. The maximum absolute atomic E-state index is 12.6. The van der Waals surface area contributed by atoms with E-state index in [1.165, 1.54) is 0 Å². The van der Waals surface area contributed by atoms with Crippen molar-refractivity contribution < 1.29 is 9.59 Å². The van der Waals surface area contributed by atoms with Crippen LogP contribution in [0.25, 0.3) is 10.9 Å². The van der Waals surface area contributed by atoms with Gasteiger partial charge in [0, 0.05) is 31.1 Å². The topological polar surface area (TPSA) is 88.3 Å². The van der Waals surface area contributed by atoms with E-state index in [0.717, 1.165) is 29.3 Å². The van der Waals surface area contributed by atoms with Crippen LogP contribution in [0.4, 0.5) is 10.5 Å². The SMILES string of the molecule is Cc1cc(NC(=O)N2CCC[C@H](CC(N)=O)C2)c2ncccc2c1. The molecule has 2 aromatic rings. The molecule has 6 nitrogen and oxygen atoms in total. The standard InChI is InChI=1S/C18H22N4O2/c1-12-8-14-5-2-6-20-17(14)15(9-12)21-18(24)22-7-3-4-13(11-22)10-16(19)23/h2,5-6,8-9,13H,3-4,7,10-11H2,1H3,(H2,19,23)(H,21,24)/t13-/m1/s1. The third kappa shape index (κ3) is 3.64. The summed E-state index contributed by atoms with van der Waals surface area (Å²) in [6, 6.07) is 7.68. The van der Waals surface area contributed by atoms with Crippen molar-refractivity contribution in [2.24, 2.45) is 11.7 Å². The van der Waals surface area contributed by atoms with Crippen LogP contribution in [0, 0.1) is 12.8 Å². The highest BCUT2D eigenvalue weighted by Crippen LogP contribution is 2.25. The van der Waals surface area contributed by atoms with E-state index in [0.29, 0.717) is 25.2 Å². The predicted octanol–water partition coefficient (Wildman–Crippen LogP) is 2.66. The first-order valence-corrected chi connectivity index (χ1v) is 8.22. The second-order valence-corrected chi connectivity index (χ2v) is 6.44. The van der Waals surface area contributed by atoms with E-state index in [2.05, 4.69) is 10.3 Å². The number of primary amides is 1. The molecule has 1 aromatic carbocycles. The summed E-state index contributed by atoms with van der Waals surface area (Å²) in [5.41, 5.74) is 7.84. The zero-order chi connectivity index (χ0) is 17.1. The zero-order valence-electron chi connectivity index (χ0n) is 13.8. The number of benzene rings is 1. The van der Waals surface area contributed by atoms with Crippen LogP contribution in [0.5, 0.6) is 0 Å². The second kappa shape index (κ2) is 6.86. The van der Waals surface area contributed by atoms with Crippen molar-refractivity contribution in [2.45, 2.75) is 26.2 Å². The lowest BCUT2D eigenvalue weighted by Crippen LogP contribution is -2.43. The van der Waals surface area contributed by atoms with Crippen LogP contribution in [0.15, 0.2) is 30.5 Å². The van der Waals surface area contributed by atoms with E-state index in [-0.39, 0.29) is 17.9 Å². The summed E-state index contributed by atoms with van der Waals surface area (Å²) in [6.07, 6.45) is 3.87. The summed E-state index contributed by atoms with van der Waals surface area (Å²) in [7, 11) is 0. The molecule has 1 saturated heterocycles. The van der Waals surface area contributed by atoms with Gasteiger partial charge >= 0.3 is 6.03 Å². The Labute approximate surface area is 141 Å². The molecule has 24 heavy (non-hydrogen) atoms. The van der Waals surface area contributed by atoms with Crippen molar-refractivity contribution in [1.29, 1.82) is 0 Å². The van der Waals surface area contributed by atoms with Gasteiger partial charge in [-0.25, -0.2) is 4.79 Å². The first-order chi connectivity index (χ1) is 11.5. The third-order valence-electron chi connectivity index (χ3n) is 4.39. The molecule has 126 valence electrons. The summed E-state index contributed by atoms with van der Waals surface area (Å²) in [4.78, 5) is 29.9. The van der Waals surface area contributed by atoms with E-state index in [9.17, 15) is 9.59 Å². The maximum atomic E-state index is 12.6. The number of rotatable bonds is 3. The van der Waals surface area contributed by atoms with Gasteiger partial charge in [-0.15, -0.1) is 0 Å². The maximum Gasteiger partial charge on any atom is 0.321 e. The molecular weight excluding hydrogens is 304 g/mol. The molecule has 0 bridgehead atoms. The van der Waals surface area contributed by atoms with Crippen molar-refractivity contribution in [3.8, 4) is 0 Å². The van der Waals surface area contributed by atoms with Crippen molar-refractivity contribution >= 4 is 28.5 Å². The minimum Gasteiger partial charge on any atom is -0.370 e. The number of hydrogen-bond donors (Lipinski definition) is 2. The van der Waals surface area contributed by atoms with Gasteiger partial charge in [0.05, 0.1) is 11.2 Å². The lowest BCUT2D eigenvalue weighted by atomic mass is 9.95. The number of urea groups is 1. The Kier molecular flexibility index (Phi) is 4.64. The molecule has 1 aromatic heterocycles. The molecule has 1 fully saturated rings. The van der Waals surface area contributed by atoms with Crippen LogP contribution in [0.1, 0.15) is 24.8 Å². The summed E-state index contributed by atoms with van der Waals surface area (Å²) in [5, 5.41) is 3.98. The molecular formula is C18H22N4O2. The van der Waals surface area contributed by atoms with Crippen LogP contribution >= 0.6 is 0 Å². The minimum absolute atomic E-state index is 0.148. The van der Waals surface area contributed by atoms with Crippen LogP contribution < -0.4 is 11.1 Å². The molecule has 0 spiro atoms. The Morgan fingerprint density at radius 1 is 1.42 bits per heavy atom. The molecule has 0 saturated carbocycles. The first kappa shape index (κ1) is 16.2. The number of carbonyl (C=O) groups is 2. The van der Waals surface area contributed by atoms with Crippen LogP contribution in [-0.2, 0) is 4.79 Å². The van der Waals surface area contributed by atoms with Gasteiger partial charge in [0.15, 0.2) is 0 Å². The Bertz CT molecular complexity index is 775. The fraction of sp³-hybridized carbons (Fsp3) is 0.389. The fourth-order valence-corrected chi connectivity index (χ4v) is 3.33. The lowest BCUT2D eigenvalue weighted by molar-refractivity contribution is -0.119. The van der Waals surface area contributed by atoms with E-state index in [4.69, 9.17) is 5.73 Å². The van der Waals surface area contributed by atoms with Gasteiger partial charge in [0.2, 0.25) is 5.91 Å². The number of amides is 3. The third-order valence-corrected chi connectivity index (χ3v) is 4.39. The minimum atomic E-state index is -0.309. The van der Waals surface area contributed by atoms with Crippen molar-refractivity contribution in [3.05, 3.63) is 36.0 Å². The number of likely N-dealkylation sites (tertiary alicyclic amines) is 1. The number of aromatic nitrogens is 1. The monoisotopic (exact) mass is 326 g/mol. The van der Waals surface area contributed by atoms with Crippen molar-refractivity contribution in [1.82, 2.24) is 9.88 Å². The molecule has 1 aliphatic rings. The van der Waals surface area contributed by atoms with Crippen LogP contribution in [0.3, 0.4) is 0 Å². The van der Waals surface area contributed by atoms with Gasteiger partial charge in [0.1, 0.15) is 0 Å². The molecule has 1 aliphatic heterocycles. The predicted molar refractivity (Wildman–Crippen MR) is 93.6 cm³/mol. The van der Waals surface area contributed by atoms with Gasteiger partial charge in [0.25, 0.3) is 0 Å². The second-order valence-electron chi connectivity index (χ2n) is 6.44. The summed E-state index contributed by atoms with van der Waals surface area (Å²) >= 11 is 0. The van der Waals surface area contributed by atoms with Crippen LogP contribution in [0.2, 0.25) is 0 Å². The van der Waals surface area contributed by atoms with E-state index in [1.54, 1.807) is 11.1 Å². The summed E-state index contributed by atoms with van der Waals surface area (Å²) < 4.78 is 0. The molecule has 0 aliphatic carbocycles. The van der Waals surface area contributed by atoms with Gasteiger partial charge in [-0.2, -0.15) is 0 Å². The largest absolute Gasteiger partial charge is 0.370 e. The molecule has 2 heterocycles. The van der Waals surface area contributed by atoms with Crippen molar-refractivity contribution in [2.75, 3.05) is 18.4 Å². The zero-order valence-corrected chi connectivity index (χ0v) is 13.8. The Hall–Kier alpha value is -2.63. The molecule has 3 amide bonds. The summed E-state index contributed by atoms with van der Waals surface area (Å²) in [5.74, 6) is -0.162. The molecule has 3 rings (SSSR count). The Morgan fingerprint density at radius 2 is 2.25 bits per heavy atom. The number of hydrogen-bond acceptors (Lipinski definition) is 3. The number of pyridine rings is 1. The number of fused-ring (bicyclic) bond motifs is 1. The lowest BCUT2D eigenvalue weighted by Gasteiger charge is -2.32. The average Bonchev–Trinajstić information content (AvgIpc) is 2.54. The van der Waals surface area contributed by atoms with Gasteiger partial charge in [-0.3, -0.25) is 9.78 Å². The Balaban J connectivity index is 1.76. The number of aryl methyl sites for hydroxylation is 1. The highest BCUT2D eigenvalue weighted by atomic mass is 16.2. The highest BCUT2D eigenvalue weighted by Gasteiger charge is 2.25. The number of carbonyl (C=O) groups excluding carboxylic acids is 2. The normalized spacial score (nSPS) is 17.7. The average molecular weight is 326 g/mol. The molecule has 1 atom stereocenters. The number of nitrogens with one attached hydrogen (secondary N) is 1. The van der Waals surface area contributed by atoms with E-state index in [1.807, 2.05) is 31.2 Å². The quantitative estimate of drug-likeness (QED) is 0.909. The molecule has 6 heteroatoms. The number of nitrogens with two attached hydrogens (primary N) is 1. The highest BCUT2D eigenvalue weighted by molar-refractivity contribution is 6.00. The smallest absolute Gasteiger partial charge is 0.321 e. The van der Waals surface area contributed by atoms with E-state index < -0.39 is 0 Å². The first-order valence-electron chi connectivity index (χ1n) is 8.22. The number of piperidine rings is 1. The van der Waals surface area contributed by atoms with Crippen molar-refractivity contribution in [3.63, 3.8) is 0 Å². The fourth-order valence-electron chi connectivity index (χ4n) is 3.33. The molecule has 3 N–H and O–H groups in total. The molecule has 0 unspecified atom stereocenters.